The van der Waals surface area contributed by atoms with Crippen LogP contribution in [0.3, 0.4) is 0 Å². The summed E-state index contributed by atoms with van der Waals surface area (Å²) in [4.78, 5) is 0. The molecule has 0 unspecified atom stereocenters. The van der Waals surface area contributed by atoms with Crippen molar-refractivity contribution < 1.29 is 9.13 Å². The Morgan fingerprint density at radius 2 is 2.33 bits per heavy atom. The molecule has 1 fully saturated rings. The highest BCUT2D eigenvalue weighted by atomic mass is 35.5. The van der Waals surface area contributed by atoms with Crippen LogP contribution in [-0.2, 0) is 11.2 Å². The average Bonchev–Trinajstić information content (AvgIpc) is 2.19. The van der Waals surface area contributed by atoms with Crippen LogP contribution in [0.5, 0.6) is 0 Å². The number of hydrogen-bond acceptors (Lipinski definition) is 2. The molecule has 0 spiro atoms. The van der Waals surface area contributed by atoms with Gasteiger partial charge in [0.05, 0.1) is 13.2 Å². The van der Waals surface area contributed by atoms with E-state index < -0.39 is 0 Å². The smallest absolute Gasteiger partial charge is 0.123 e. The minimum absolute atomic E-state index is 0. The molecule has 0 bridgehead atoms. The number of morpholine rings is 1. The quantitative estimate of drug-likeness (QED) is 0.838. The standard InChI is InChI=1S/C11H14FNO.ClH/c12-10-3-1-2-9(6-10)7-11-8-14-5-4-13-11;/h1-3,6,11,13H,4-5,7-8H2;1H/t11-;/m1./s1. The summed E-state index contributed by atoms with van der Waals surface area (Å²) >= 11 is 0. The van der Waals surface area contributed by atoms with Gasteiger partial charge in [0.25, 0.3) is 0 Å². The molecule has 0 aromatic heterocycles. The Hall–Kier alpha value is -0.640. The van der Waals surface area contributed by atoms with Gasteiger partial charge in [0.2, 0.25) is 0 Å². The van der Waals surface area contributed by atoms with Crippen LogP contribution < -0.4 is 5.32 Å². The molecule has 2 nitrogen and oxygen atoms in total. The first-order chi connectivity index (χ1) is 6.84. The third kappa shape index (κ3) is 3.78. The average molecular weight is 232 g/mol. The zero-order valence-corrected chi connectivity index (χ0v) is 9.23. The van der Waals surface area contributed by atoms with Crippen molar-refractivity contribution in [2.45, 2.75) is 12.5 Å². The SMILES string of the molecule is Cl.Fc1cccc(C[C@@H]2COCCN2)c1. The molecule has 1 heterocycles. The number of nitrogens with one attached hydrogen (secondary N) is 1. The van der Waals surface area contributed by atoms with E-state index in [1.54, 1.807) is 12.1 Å². The molecule has 1 saturated heterocycles. The largest absolute Gasteiger partial charge is 0.379 e. The lowest BCUT2D eigenvalue weighted by atomic mass is 10.1. The van der Waals surface area contributed by atoms with Crippen LogP contribution in [-0.4, -0.2) is 25.8 Å². The van der Waals surface area contributed by atoms with Crippen molar-refractivity contribution in [3.63, 3.8) is 0 Å². The first-order valence-electron chi connectivity index (χ1n) is 4.90. The summed E-state index contributed by atoms with van der Waals surface area (Å²) in [5.74, 6) is -0.167. The topological polar surface area (TPSA) is 21.3 Å². The lowest BCUT2D eigenvalue weighted by Crippen LogP contribution is -2.42. The van der Waals surface area contributed by atoms with Gasteiger partial charge < -0.3 is 10.1 Å². The van der Waals surface area contributed by atoms with Crippen LogP contribution in [0.4, 0.5) is 4.39 Å². The molecular formula is C11H15ClFNO. The molecule has 1 aromatic rings. The first-order valence-corrected chi connectivity index (χ1v) is 4.90. The van der Waals surface area contributed by atoms with E-state index in [4.69, 9.17) is 4.74 Å². The van der Waals surface area contributed by atoms with Crippen molar-refractivity contribution >= 4 is 12.4 Å². The van der Waals surface area contributed by atoms with Crippen molar-refractivity contribution in [3.05, 3.63) is 35.6 Å². The fourth-order valence-electron chi connectivity index (χ4n) is 1.70. The fourth-order valence-corrected chi connectivity index (χ4v) is 1.70. The Bertz CT molecular complexity index is 302. The second kappa shape index (κ2) is 6.05. The summed E-state index contributed by atoms with van der Waals surface area (Å²) in [6.07, 6.45) is 0.831. The second-order valence-electron chi connectivity index (χ2n) is 3.56. The fraction of sp³-hybridized carbons (Fsp3) is 0.455. The van der Waals surface area contributed by atoms with E-state index in [2.05, 4.69) is 5.32 Å². The maximum absolute atomic E-state index is 12.9. The minimum atomic E-state index is -0.167. The Morgan fingerprint density at radius 3 is 3.00 bits per heavy atom. The van der Waals surface area contributed by atoms with Gasteiger partial charge in [-0.1, -0.05) is 12.1 Å². The summed E-state index contributed by atoms with van der Waals surface area (Å²) in [5.41, 5.74) is 1.02. The molecule has 15 heavy (non-hydrogen) atoms. The second-order valence-corrected chi connectivity index (χ2v) is 3.56. The number of ether oxygens (including phenoxy) is 1. The predicted octanol–water partition coefficient (Wildman–Crippen LogP) is 1.78. The van der Waals surface area contributed by atoms with Gasteiger partial charge in [-0.15, -0.1) is 12.4 Å². The summed E-state index contributed by atoms with van der Waals surface area (Å²) in [6, 6.07) is 7.06. The number of benzene rings is 1. The summed E-state index contributed by atoms with van der Waals surface area (Å²) < 4.78 is 18.2. The zero-order valence-electron chi connectivity index (χ0n) is 8.41. The molecule has 1 aliphatic heterocycles. The third-order valence-electron chi connectivity index (χ3n) is 2.37. The molecule has 0 aliphatic carbocycles. The summed E-state index contributed by atoms with van der Waals surface area (Å²) in [6.45, 7) is 2.39. The molecule has 2 rings (SSSR count). The van der Waals surface area contributed by atoms with E-state index in [0.29, 0.717) is 6.04 Å². The highest BCUT2D eigenvalue weighted by Crippen LogP contribution is 2.07. The molecule has 0 radical (unpaired) electrons. The predicted molar refractivity (Wildman–Crippen MR) is 60.0 cm³/mol. The van der Waals surface area contributed by atoms with Gasteiger partial charge in [0.1, 0.15) is 5.82 Å². The third-order valence-corrected chi connectivity index (χ3v) is 2.37. The minimum Gasteiger partial charge on any atom is -0.379 e. The van der Waals surface area contributed by atoms with Gasteiger partial charge in [0, 0.05) is 12.6 Å². The molecule has 84 valence electrons. The van der Waals surface area contributed by atoms with Crippen molar-refractivity contribution in [1.82, 2.24) is 5.32 Å². The van der Waals surface area contributed by atoms with Gasteiger partial charge in [-0.2, -0.15) is 0 Å². The van der Waals surface area contributed by atoms with Crippen molar-refractivity contribution in [2.75, 3.05) is 19.8 Å². The molecule has 1 aromatic carbocycles. The van der Waals surface area contributed by atoms with Gasteiger partial charge in [-0.3, -0.25) is 0 Å². The number of hydrogen-bond donors (Lipinski definition) is 1. The normalized spacial score (nSPS) is 20.7. The van der Waals surface area contributed by atoms with Crippen LogP contribution in [0.15, 0.2) is 24.3 Å². The van der Waals surface area contributed by atoms with Crippen LogP contribution in [0.2, 0.25) is 0 Å². The molecule has 0 saturated carbocycles. The molecule has 1 aliphatic rings. The van der Waals surface area contributed by atoms with E-state index in [1.165, 1.54) is 6.07 Å². The Kier molecular flexibility index (Phi) is 5.02. The molecule has 1 atom stereocenters. The Balaban J connectivity index is 0.00000112. The van der Waals surface area contributed by atoms with Crippen molar-refractivity contribution in [1.29, 1.82) is 0 Å². The van der Waals surface area contributed by atoms with E-state index in [-0.39, 0.29) is 18.2 Å². The molecule has 1 N–H and O–H groups in total. The van der Waals surface area contributed by atoms with Crippen molar-refractivity contribution in [2.24, 2.45) is 0 Å². The van der Waals surface area contributed by atoms with Gasteiger partial charge in [0.15, 0.2) is 0 Å². The zero-order chi connectivity index (χ0) is 9.80. The maximum atomic E-state index is 12.9. The van der Waals surface area contributed by atoms with Crippen LogP contribution in [0, 0.1) is 5.82 Å². The number of rotatable bonds is 2. The summed E-state index contributed by atoms with van der Waals surface area (Å²) in [7, 11) is 0. The van der Waals surface area contributed by atoms with E-state index in [1.807, 2.05) is 6.07 Å². The van der Waals surface area contributed by atoms with Gasteiger partial charge in [-0.05, 0) is 24.1 Å². The number of halogens is 2. The highest BCUT2D eigenvalue weighted by molar-refractivity contribution is 5.85. The van der Waals surface area contributed by atoms with Crippen LogP contribution in [0.25, 0.3) is 0 Å². The van der Waals surface area contributed by atoms with Crippen LogP contribution >= 0.6 is 12.4 Å². The first kappa shape index (κ1) is 12.4. The van der Waals surface area contributed by atoms with E-state index >= 15 is 0 Å². The van der Waals surface area contributed by atoms with E-state index in [0.717, 1.165) is 31.7 Å². The van der Waals surface area contributed by atoms with Gasteiger partial charge in [-0.25, -0.2) is 4.39 Å². The molecule has 0 amide bonds. The van der Waals surface area contributed by atoms with Crippen molar-refractivity contribution in [3.8, 4) is 0 Å². The maximum Gasteiger partial charge on any atom is 0.123 e. The molecule has 4 heteroatoms. The van der Waals surface area contributed by atoms with Gasteiger partial charge >= 0.3 is 0 Å². The molecular weight excluding hydrogens is 217 g/mol. The highest BCUT2D eigenvalue weighted by Gasteiger charge is 2.13. The van der Waals surface area contributed by atoms with E-state index in [9.17, 15) is 4.39 Å². The summed E-state index contributed by atoms with van der Waals surface area (Å²) in [5, 5.41) is 3.34. The van der Waals surface area contributed by atoms with Crippen LogP contribution in [0.1, 0.15) is 5.56 Å². The Morgan fingerprint density at radius 1 is 1.47 bits per heavy atom. The monoisotopic (exact) mass is 231 g/mol. The lowest BCUT2D eigenvalue weighted by Gasteiger charge is -2.23. The lowest BCUT2D eigenvalue weighted by molar-refractivity contribution is 0.0770. The Labute approximate surface area is 95.2 Å².